The van der Waals surface area contributed by atoms with Crippen molar-refractivity contribution in [1.82, 2.24) is 20.1 Å². The molecule has 178 valence electrons. The quantitative estimate of drug-likeness (QED) is 0.505. The number of nitrogens with zero attached hydrogens (tertiary/aromatic N) is 4. The first kappa shape index (κ1) is 22.2. The topological polar surface area (TPSA) is 84.3 Å². The lowest BCUT2D eigenvalue weighted by Gasteiger charge is -2.39. The highest BCUT2D eigenvalue weighted by molar-refractivity contribution is 5.99. The van der Waals surface area contributed by atoms with Crippen LogP contribution in [0.2, 0.25) is 0 Å². The standard InChI is InChI=1S/C25H36N6O2/c1-17(32)30-10-7-23(28-21-8-11-33-16-21)22(15-30)25(26)31-9-3-4-19-12-18(5-6-24(19)31)20-13-27-29(2)14-20/h5-6,13,18,20-21,26,28H,3-4,7-12,14-16H2,1-2H3/t18?,20?,21-/m0/s1. The molecule has 1 amide bonds. The van der Waals surface area contributed by atoms with Crippen LogP contribution in [0.25, 0.3) is 0 Å². The van der Waals surface area contributed by atoms with E-state index >= 15 is 0 Å². The van der Waals surface area contributed by atoms with E-state index in [9.17, 15) is 10.2 Å². The van der Waals surface area contributed by atoms with Crippen LogP contribution in [0.3, 0.4) is 0 Å². The van der Waals surface area contributed by atoms with E-state index in [2.05, 4.69) is 33.7 Å². The lowest BCUT2D eigenvalue weighted by Crippen LogP contribution is -2.45. The van der Waals surface area contributed by atoms with Gasteiger partial charge in [0.1, 0.15) is 5.84 Å². The van der Waals surface area contributed by atoms with Crippen LogP contribution >= 0.6 is 0 Å². The van der Waals surface area contributed by atoms with Crippen LogP contribution in [0, 0.1) is 17.2 Å². The van der Waals surface area contributed by atoms with Crippen LogP contribution in [0.1, 0.15) is 39.0 Å². The third kappa shape index (κ3) is 4.58. The fraction of sp³-hybridized carbons (Fsp3) is 0.640. The summed E-state index contributed by atoms with van der Waals surface area (Å²) in [5.41, 5.74) is 4.72. The molecule has 5 aliphatic rings. The van der Waals surface area contributed by atoms with Crippen LogP contribution in [-0.4, -0.2) is 85.2 Å². The predicted octanol–water partition coefficient (Wildman–Crippen LogP) is 2.32. The summed E-state index contributed by atoms with van der Waals surface area (Å²) >= 11 is 0. The van der Waals surface area contributed by atoms with Crippen molar-refractivity contribution < 1.29 is 9.53 Å². The van der Waals surface area contributed by atoms with Crippen molar-refractivity contribution in [3.63, 3.8) is 0 Å². The Morgan fingerprint density at radius 3 is 2.88 bits per heavy atom. The number of hydrogen-bond donors (Lipinski definition) is 2. The molecule has 0 aromatic rings. The summed E-state index contributed by atoms with van der Waals surface area (Å²) in [6.07, 6.45) is 11.6. The molecule has 33 heavy (non-hydrogen) atoms. The number of carbonyl (C=O) groups excluding carboxylic acids is 1. The average molecular weight is 453 g/mol. The Hall–Kier alpha value is -2.61. The summed E-state index contributed by atoms with van der Waals surface area (Å²) in [5.74, 6) is 1.56. The van der Waals surface area contributed by atoms with Crippen LogP contribution < -0.4 is 5.32 Å². The number of allylic oxidation sites excluding steroid dienone is 3. The van der Waals surface area contributed by atoms with Gasteiger partial charge >= 0.3 is 0 Å². The Labute approximate surface area is 196 Å². The molecule has 5 rings (SSSR count). The summed E-state index contributed by atoms with van der Waals surface area (Å²) in [6.45, 7) is 6.15. The molecule has 2 unspecified atom stereocenters. The van der Waals surface area contributed by atoms with Gasteiger partial charge in [-0.25, -0.2) is 0 Å². The van der Waals surface area contributed by atoms with Gasteiger partial charge in [-0.05, 0) is 43.3 Å². The van der Waals surface area contributed by atoms with Gasteiger partial charge in [0.15, 0.2) is 0 Å². The highest BCUT2D eigenvalue weighted by atomic mass is 16.5. The zero-order valence-electron chi connectivity index (χ0n) is 19.8. The van der Waals surface area contributed by atoms with E-state index in [0.29, 0.717) is 43.4 Å². The first-order valence-corrected chi connectivity index (χ1v) is 12.3. The fourth-order valence-corrected chi connectivity index (χ4v) is 5.71. The van der Waals surface area contributed by atoms with Crippen LogP contribution in [0.4, 0.5) is 0 Å². The van der Waals surface area contributed by atoms with Crippen molar-refractivity contribution in [2.75, 3.05) is 46.4 Å². The molecular weight excluding hydrogens is 416 g/mol. The first-order valence-electron chi connectivity index (χ1n) is 12.3. The maximum absolute atomic E-state index is 12.2. The van der Waals surface area contributed by atoms with Crippen molar-refractivity contribution in [2.24, 2.45) is 16.9 Å². The molecule has 0 bridgehead atoms. The van der Waals surface area contributed by atoms with Crippen molar-refractivity contribution in [1.29, 1.82) is 5.41 Å². The van der Waals surface area contributed by atoms with Gasteiger partial charge in [-0.3, -0.25) is 15.2 Å². The van der Waals surface area contributed by atoms with Crippen LogP contribution in [-0.2, 0) is 9.53 Å². The molecule has 0 aromatic carbocycles. The Balaban J connectivity index is 1.38. The summed E-state index contributed by atoms with van der Waals surface area (Å²) in [4.78, 5) is 16.2. The Bertz CT molecular complexity index is 929. The minimum atomic E-state index is 0.0747. The molecule has 0 radical (unpaired) electrons. The number of nitrogens with one attached hydrogen (secondary N) is 2. The summed E-state index contributed by atoms with van der Waals surface area (Å²) in [7, 11) is 2.03. The molecule has 8 nitrogen and oxygen atoms in total. The van der Waals surface area contributed by atoms with Crippen molar-refractivity contribution in [3.05, 3.63) is 34.7 Å². The molecule has 4 heterocycles. The highest BCUT2D eigenvalue weighted by Crippen LogP contribution is 2.37. The number of rotatable bonds is 4. The molecule has 2 N–H and O–H groups in total. The van der Waals surface area contributed by atoms with E-state index < -0.39 is 0 Å². The van der Waals surface area contributed by atoms with Gasteiger partial charge in [0.05, 0.1) is 19.2 Å². The van der Waals surface area contributed by atoms with Gasteiger partial charge < -0.3 is 19.9 Å². The number of amidine groups is 1. The minimum Gasteiger partial charge on any atom is -0.383 e. The first-order chi connectivity index (χ1) is 16.0. The zero-order valence-corrected chi connectivity index (χ0v) is 19.8. The second-order valence-corrected chi connectivity index (χ2v) is 9.94. The Kier molecular flexibility index (Phi) is 6.27. The molecule has 1 fully saturated rings. The SMILES string of the molecule is CC(=O)N1CCC(N[C@H]2CCOC2)=C(C(=N)N2CCCC3=C2C=CC(C2C=NN(C)C2)C3)C1. The molecule has 0 spiro atoms. The number of hydrazone groups is 1. The fourth-order valence-electron chi connectivity index (χ4n) is 5.71. The van der Waals surface area contributed by atoms with Crippen molar-refractivity contribution in [3.8, 4) is 0 Å². The Morgan fingerprint density at radius 1 is 1.27 bits per heavy atom. The second-order valence-electron chi connectivity index (χ2n) is 9.94. The summed E-state index contributed by atoms with van der Waals surface area (Å²) in [5, 5.41) is 19.4. The third-order valence-corrected chi connectivity index (χ3v) is 7.63. The molecule has 1 aliphatic carbocycles. The number of amides is 1. The van der Waals surface area contributed by atoms with E-state index in [1.165, 1.54) is 11.3 Å². The minimum absolute atomic E-state index is 0.0747. The summed E-state index contributed by atoms with van der Waals surface area (Å²) < 4.78 is 5.56. The van der Waals surface area contributed by atoms with Gasteiger partial charge in [-0.1, -0.05) is 6.08 Å². The zero-order chi connectivity index (χ0) is 22.9. The average Bonchev–Trinajstić information content (AvgIpc) is 3.49. The van der Waals surface area contributed by atoms with E-state index in [1.54, 1.807) is 6.92 Å². The molecular formula is C25H36N6O2. The smallest absolute Gasteiger partial charge is 0.219 e. The summed E-state index contributed by atoms with van der Waals surface area (Å²) in [6, 6.07) is 0.296. The molecule has 8 heteroatoms. The van der Waals surface area contributed by atoms with E-state index in [-0.39, 0.29) is 5.91 Å². The maximum atomic E-state index is 12.2. The molecule has 1 saturated heterocycles. The number of ether oxygens (including phenoxy) is 1. The lowest BCUT2D eigenvalue weighted by molar-refractivity contribution is -0.128. The molecule has 4 aliphatic heterocycles. The Morgan fingerprint density at radius 2 is 2.15 bits per heavy atom. The van der Waals surface area contributed by atoms with Gasteiger partial charge in [0.25, 0.3) is 0 Å². The van der Waals surface area contributed by atoms with Crippen molar-refractivity contribution in [2.45, 2.75) is 45.1 Å². The number of hydrogen-bond acceptors (Lipinski definition) is 6. The van der Waals surface area contributed by atoms with Gasteiger partial charge in [-0.2, -0.15) is 5.10 Å². The predicted molar refractivity (Wildman–Crippen MR) is 129 cm³/mol. The third-order valence-electron chi connectivity index (χ3n) is 7.63. The van der Waals surface area contributed by atoms with E-state index in [0.717, 1.165) is 63.1 Å². The van der Waals surface area contributed by atoms with E-state index in [1.807, 2.05) is 17.0 Å². The molecule has 0 aromatic heterocycles. The second kappa shape index (κ2) is 9.33. The van der Waals surface area contributed by atoms with Gasteiger partial charge in [0, 0.05) is 75.7 Å². The maximum Gasteiger partial charge on any atom is 0.219 e. The molecule has 0 saturated carbocycles. The number of carbonyl (C=O) groups is 1. The van der Waals surface area contributed by atoms with Gasteiger partial charge in [-0.15, -0.1) is 0 Å². The lowest BCUT2D eigenvalue weighted by atomic mass is 9.80. The molecule has 3 atom stereocenters. The van der Waals surface area contributed by atoms with Crippen molar-refractivity contribution >= 4 is 18.0 Å². The normalized spacial score (nSPS) is 29.8. The largest absolute Gasteiger partial charge is 0.383 e. The van der Waals surface area contributed by atoms with Gasteiger partial charge in [0.2, 0.25) is 5.91 Å². The van der Waals surface area contributed by atoms with Crippen LogP contribution in [0.5, 0.6) is 0 Å². The highest BCUT2D eigenvalue weighted by Gasteiger charge is 2.33. The van der Waals surface area contributed by atoms with Crippen LogP contribution in [0.15, 0.2) is 39.8 Å². The van der Waals surface area contributed by atoms with E-state index in [4.69, 9.17) is 4.74 Å². The monoisotopic (exact) mass is 452 g/mol.